The maximum Gasteiger partial charge on any atom is 0.126 e. The average molecular weight is 219 g/mol. The van der Waals surface area contributed by atoms with Gasteiger partial charge in [0, 0.05) is 6.04 Å². The molecular weight excluding hydrogens is 201 g/mol. The lowest BCUT2D eigenvalue weighted by Gasteiger charge is -2.04. The quantitative estimate of drug-likeness (QED) is 0.821. The smallest absolute Gasteiger partial charge is 0.126 e. The summed E-state index contributed by atoms with van der Waals surface area (Å²) < 4.78 is 13.4. The molecule has 0 aliphatic heterocycles. The standard InChI is InChI=1S/C14H18FN/c1-9-2-3-10(7-14(9)15)13-6-11(13)8-16-12-4-5-12/h2-3,7,11-13,16H,4-6,8H2,1H3. The van der Waals surface area contributed by atoms with Crippen LogP contribution < -0.4 is 5.32 Å². The number of hydrogen-bond acceptors (Lipinski definition) is 1. The second kappa shape index (κ2) is 3.85. The number of aryl methyl sites for hydroxylation is 1. The molecule has 2 aliphatic carbocycles. The highest BCUT2D eigenvalue weighted by molar-refractivity contribution is 5.30. The van der Waals surface area contributed by atoms with Gasteiger partial charge in [-0.15, -0.1) is 0 Å². The molecule has 0 aromatic heterocycles. The maximum absolute atomic E-state index is 13.4. The molecular formula is C14H18FN. The molecule has 0 amide bonds. The summed E-state index contributed by atoms with van der Waals surface area (Å²) in [5.41, 5.74) is 1.93. The number of hydrogen-bond donors (Lipinski definition) is 1. The third kappa shape index (κ3) is 2.12. The highest BCUT2D eigenvalue weighted by atomic mass is 19.1. The SMILES string of the molecule is Cc1ccc(C2CC2CNC2CC2)cc1F. The van der Waals surface area contributed by atoms with Gasteiger partial charge in [-0.25, -0.2) is 4.39 Å². The summed E-state index contributed by atoms with van der Waals surface area (Å²) >= 11 is 0. The third-order valence-corrected chi connectivity index (χ3v) is 3.79. The zero-order chi connectivity index (χ0) is 11.1. The van der Waals surface area contributed by atoms with Gasteiger partial charge in [0.25, 0.3) is 0 Å². The molecule has 2 aliphatic rings. The van der Waals surface area contributed by atoms with Crippen LogP contribution in [-0.4, -0.2) is 12.6 Å². The second-order valence-electron chi connectivity index (χ2n) is 5.29. The van der Waals surface area contributed by atoms with Gasteiger partial charge < -0.3 is 5.32 Å². The molecule has 86 valence electrons. The fraction of sp³-hybridized carbons (Fsp3) is 0.571. The van der Waals surface area contributed by atoms with E-state index < -0.39 is 0 Å². The molecule has 2 atom stereocenters. The fourth-order valence-corrected chi connectivity index (χ4v) is 2.33. The van der Waals surface area contributed by atoms with Gasteiger partial charge in [0.1, 0.15) is 5.82 Å². The van der Waals surface area contributed by atoms with Gasteiger partial charge in [-0.3, -0.25) is 0 Å². The summed E-state index contributed by atoms with van der Waals surface area (Å²) in [4.78, 5) is 0. The lowest BCUT2D eigenvalue weighted by molar-refractivity contribution is 0.609. The molecule has 0 heterocycles. The molecule has 1 nitrogen and oxygen atoms in total. The molecule has 1 aromatic carbocycles. The Hall–Kier alpha value is -0.890. The Kier molecular flexibility index (Phi) is 2.47. The van der Waals surface area contributed by atoms with Crippen molar-refractivity contribution in [2.45, 2.75) is 38.1 Å². The minimum absolute atomic E-state index is 0.0571. The predicted octanol–water partition coefficient (Wildman–Crippen LogP) is 2.99. The molecule has 0 spiro atoms. The average Bonchev–Trinajstić information content (AvgIpc) is 3.13. The van der Waals surface area contributed by atoms with Crippen molar-refractivity contribution in [2.24, 2.45) is 5.92 Å². The van der Waals surface area contributed by atoms with Crippen LogP contribution in [0.2, 0.25) is 0 Å². The summed E-state index contributed by atoms with van der Waals surface area (Å²) in [7, 11) is 0. The van der Waals surface area contributed by atoms with Crippen molar-refractivity contribution >= 4 is 0 Å². The highest BCUT2D eigenvalue weighted by Crippen LogP contribution is 2.47. The molecule has 2 unspecified atom stereocenters. The van der Waals surface area contributed by atoms with Crippen LogP contribution in [0.3, 0.4) is 0 Å². The zero-order valence-corrected chi connectivity index (χ0v) is 9.67. The minimum atomic E-state index is -0.0571. The summed E-state index contributed by atoms with van der Waals surface area (Å²) in [5, 5.41) is 3.55. The van der Waals surface area contributed by atoms with E-state index in [1.807, 2.05) is 13.0 Å². The summed E-state index contributed by atoms with van der Waals surface area (Å²) in [6.07, 6.45) is 3.91. The van der Waals surface area contributed by atoms with Crippen LogP contribution >= 0.6 is 0 Å². The van der Waals surface area contributed by atoms with E-state index in [0.717, 1.165) is 24.1 Å². The van der Waals surface area contributed by atoms with Crippen LogP contribution in [0.1, 0.15) is 36.3 Å². The van der Waals surface area contributed by atoms with Crippen molar-refractivity contribution in [2.75, 3.05) is 6.54 Å². The molecule has 0 saturated heterocycles. The zero-order valence-electron chi connectivity index (χ0n) is 9.67. The monoisotopic (exact) mass is 219 g/mol. The van der Waals surface area contributed by atoms with Crippen LogP contribution in [0.25, 0.3) is 0 Å². The summed E-state index contributed by atoms with van der Waals surface area (Å²) in [6.45, 7) is 2.93. The van der Waals surface area contributed by atoms with Crippen molar-refractivity contribution in [3.8, 4) is 0 Å². The fourth-order valence-electron chi connectivity index (χ4n) is 2.33. The predicted molar refractivity (Wildman–Crippen MR) is 63.0 cm³/mol. The van der Waals surface area contributed by atoms with E-state index in [-0.39, 0.29) is 5.82 Å². The molecule has 2 saturated carbocycles. The topological polar surface area (TPSA) is 12.0 Å². The van der Waals surface area contributed by atoms with Gasteiger partial charge in [-0.2, -0.15) is 0 Å². The van der Waals surface area contributed by atoms with Gasteiger partial charge in [0.15, 0.2) is 0 Å². The first kappa shape index (κ1) is 10.3. The molecule has 1 aromatic rings. The molecule has 3 rings (SSSR count). The molecule has 1 N–H and O–H groups in total. The van der Waals surface area contributed by atoms with Crippen LogP contribution in [0.5, 0.6) is 0 Å². The van der Waals surface area contributed by atoms with E-state index in [9.17, 15) is 4.39 Å². The summed E-state index contributed by atoms with van der Waals surface area (Å²) in [6, 6.07) is 6.49. The first-order valence-corrected chi connectivity index (χ1v) is 6.23. The van der Waals surface area contributed by atoms with Gasteiger partial charge >= 0.3 is 0 Å². The third-order valence-electron chi connectivity index (χ3n) is 3.79. The molecule has 2 heteroatoms. The van der Waals surface area contributed by atoms with Crippen LogP contribution in [0.15, 0.2) is 18.2 Å². The minimum Gasteiger partial charge on any atom is -0.314 e. The van der Waals surface area contributed by atoms with Crippen molar-refractivity contribution in [1.82, 2.24) is 5.32 Å². The maximum atomic E-state index is 13.4. The molecule has 2 fully saturated rings. The van der Waals surface area contributed by atoms with Crippen LogP contribution in [0, 0.1) is 18.7 Å². The van der Waals surface area contributed by atoms with E-state index in [1.165, 1.54) is 24.8 Å². The molecule has 0 radical (unpaired) electrons. The van der Waals surface area contributed by atoms with Gasteiger partial charge in [-0.05, 0) is 61.8 Å². The summed E-state index contributed by atoms with van der Waals surface area (Å²) in [5.74, 6) is 1.28. The van der Waals surface area contributed by atoms with Crippen LogP contribution in [0.4, 0.5) is 4.39 Å². The van der Waals surface area contributed by atoms with Gasteiger partial charge in [0.2, 0.25) is 0 Å². The normalized spacial score (nSPS) is 28.1. The van der Waals surface area contributed by atoms with E-state index >= 15 is 0 Å². The Balaban J connectivity index is 1.59. The lowest BCUT2D eigenvalue weighted by atomic mass is 10.1. The Morgan fingerprint density at radius 2 is 2.19 bits per heavy atom. The number of nitrogens with one attached hydrogen (secondary N) is 1. The van der Waals surface area contributed by atoms with Crippen molar-refractivity contribution in [3.05, 3.63) is 35.1 Å². The lowest BCUT2D eigenvalue weighted by Crippen LogP contribution is -2.19. The van der Waals surface area contributed by atoms with Gasteiger partial charge in [-0.1, -0.05) is 12.1 Å². The first-order chi connectivity index (χ1) is 7.74. The second-order valence-corrected chi connectivity index (χ2v) is 5.29. The van der Waals surface area contributed by atoms with Crippen molar-refractivity contribution in [3.63, 3.8) is 0 Å². The Morgan fingerprint density at radius 3 is 2.88 bits per heavy atom. The van der Waals surface area contributed by atoms with E-state index in [0.29, 0.717) is 5.92 Å². The van der Waals surface area contributed by atoms with E-state index in [1.54, 1.807) is 6.07 Å². The largest absolute Gasteiger partial charge is 0.314 e. The molecule has 0 bridgehead atoms. The van der Waals surface area contributed by atoms with E-state index in [2.05, 4.69) is 11.4 Å². The van der Waals surface area contributed by atoms with E-state index in [4.69, 9.17) is 0 Å². The number of benzene rings is 1. The van der Waals surface area contributed by atoms with Crippen LogP contribution in [-0.2, 0) is 0 Å². The Bertz CT molecular complexity index is 398. The first-order valence-electron chi connectivity index (χ1n) is 6.23. The Morgan fingerprint density at radius 1 is 1.38 bits per heavy atom. The highest BCUT2D eigenvalue weighted by Gasteiger charge is 2.39. The number of halogens is 1. The van der Waals surface area contributed by atoms with Crippen molar-refractivity contribution in [1.29, 1.82) is 0 Å². The Labute approximate surface area is 96.1 Å². The number of rotatable bonds is 4. The molecule has 16 heavy (non-hydrogen) atoms. The van der Waals surface area contributed by atoms with Crippen molar-refractivity contribution < 1.29 is 4.39 Å². The van der Waals surface area contributed by atoms with Gasteiger partial charge in [0.05, 0.1) is 0 Å².